The van der Waals surface area contributed by atoms with Crippen molar-refractivity contribution in [2.24, 2.45) is 0 Å². The fourth-order valence-electron chi connectivity index (χ4n) is 1.77. The normalized spacial score (nSPS) is 11.1. The van der Waals surface area contributed by atoms with Crippen LogP contribution in [-0.2, 0) is 13.1 Å². The lowest BCUT2D eigenvalue weighted by atomic mass is 10.2. The van der Waals surface area contributed by atoms with Crippen LogP contribution in [0.15, 0.2) is 29.9 Å². The molecule has 0 atom stereocenters. The maximum Gasteiger partial charge on any atom is 0.107 e. The molecule has 0 bridgehead atoms. The summed E-state index contributed by atoms with van der Waals surface area (Å²) in [6.45, 7) is 4.34. The summed E-state index contributed by atoms with van der Waals surface area (Å²) in [4.78, 5) is 10.8. The lowest BCUT2D eigenvalue weighted by Gasteiger charge is -2.20. The van der Waals surface area contributed by atoms with E-state index >= 15 is 0 Å². The first-order valence-electron chi connectivity index (χ1n) is 5.91. The molecule has 0 saturated carbocycles. The van der Waals surface area contributed by atoms with E-state index in [9.17, 15) is 0 Å². The molecule has 0 spiro atoms. The number of nitrogens with zero attached hydrogens (tertiary/aromatic N) is 3. The summed E-state index contributed by atoms with van der Waals surface area (Å²) in [5, 5.41) is 12.2. The molecule has 96 valence electrons. The number of aliphatic hydroxyl groups is 1. The van der Waals surface area contributed by atoms with E-state index in [1.807, 2.05) is 23.8 Å². The Morgan fingerprint density at radius 1 is 1.28 bits per heavy atom. The highest BCUT2D eigenvalue weighted by Gasteiger charge is 2.10. The lowest BCUT2D eigenvalue weighted by Crippen LogP contribution is -2.26. The van der Waals surface area contributed by atoms with Crippen LogP contribution in [0.4, 0.5) is 0 Å². The van der Waals surface area contributed by atoms with Gasteiger partial charge in [-0.3, -0.25) is 9.88 Å². The van der Waals surface area contributed by atoms with Crippen molar-refractivity contribution in [3.05, 3.63) is 46.2 Å². The third-order valence-electron chi connectivity index (χ3n) is 2.75. The Hall–Kier alpha value is -1.30. The predicted molar refractivity (Wildman–Crippen MR) is 72.3 cm³/mol. The van der Waals surface area contributed by atoms with Crippen molar-refractivity contribution in [2.45, 2.75) is 20.0 Å². The van der Waals surface area contributed by atoms with Gasteiger partial charge in [-0.05, 0) is 18.6 Å². The highest BCUT2D eigenvalue weighted by atomic mass is 32.1. The Balaban J connectivity index is 2.04. The molecule has 18 heavy (non-hydrogen) atoms. The number of aromatic nitrogens is 2. The van der Waals surface area contributed by atoms with Crippen molar-refractivity contribution in [1.82, 2.24) is 14.9 Å². The summed E-state index contributed by atoms with van der Waals surface area (Å²) in [6, 6.07) is 4.00. The van der Waals surface area contributed by atoms with Crippen LogP contribution in [0.5, 0.6) is 0 Å². The van der Waals surface area contributed by atoms with Crippen LogP contribution in [0.2, 0.25) is 0 Å². The highest BCUT2D eigenvalue weighted by Crippen LogP contribution is 2.12. The molecule has 2 rings (SSSR count). The molecule has 0 aromatic carbocycles. The molecule has 0 fully saturated rings. The van der Waals surface area contributed by atoms with E-state index in [0.29, 0.717) is 6.54 Å². The van der Waals surface area contributed by atoms with E-state index < -0.39 is 0 Å². The largest absolute Gasteiger partial charge is 0.395 e. The van der Waals surface area contributed by atoms with Gasteiger partial charge in [-0.15, -0.1) is 11.3 Å². The minimum atomic E-state index is 0.150. The van der Waals surface area contributed by atoms with Crippen molar-refractivity contribution in [1.29, 1.82) is 0 Å². The fourth-order valence-corrected chi connectivity index (χ4v) is 2.43. The van der Waals surface area contributed by atoms with E-state index in [-0.39, 0.29) is 6.61 Å². The molecule has 4 nitrogen and oxygen atoms in total. The van der Waals surface area contributed by atoms with Crippen molar-refractivity contribution in [3.8, 4) is 0 Å². The molecule has 0 saturated heterocycles. The van der Waals surface area contributed by atoms with Crippen LogP contribution in [-0.4, -0.2) is 33.1 Å². The van der Waals surface area contributed by atoms with Crippen LogP contribution < -0.4 is 0 Å². The third kappa shape index (κ3) is 3.60. The standard InChI is InChI=1S/C13H17N3OS/c1-11-3-2-4-14-12(11)9-16(6-7-17)10-13-15-5-8-18-13/h2-5,8,17H,6-7,9-10H2,1H3. The summed E-state index contributed by atoms with van der Waals surface area (Å²) in [5.74, 6) is 0. The van der Waals surface area contributed by atoms with Gasteiger partial charge in [0.2, 0.25) is 0 Å². The Bertz CT molecular complexity index is 473. The van der Waals surface area contributed by atoms with Gasteiger partial charge in [-0.1, -0.05) is 6.07 Å². The number of aryl methyl sites for hydroxylation is 1. The van der Waals surface area contributed by atoms with E-state index in [0.717, 1.165) is 23.8 Å². The zero-order valence-corrected chi connectivity index (χ0v) is 11.2. The molecular weight excluding hydrogens is 246 g/mol. The van der Waals surface area contributed by atoms with Gasteiger partial charge in [0.05, 0.1) is 18.8 Å². The number of rotatable bonds is 6. The van der Waals surface area contributed by atoms with E-state index in [2.05, 4.69) is 27.9 Å². The molecule has 2 aromatic heterocycles. The van der Waals surface area contributed by atoms with Gasteiger partial charge in [0, 0.05) is 30.9 Å². The number of aliphatic hydroxyl groups excluding tert-OH is 1. The summed E-state index contributed by atoms with van der Waals surface area (Å²) in [7, 11) is 0. The molecule has 0 aliphatic heterocycles. The molecule has 0 amide bonds. The number of thiazole rings is 1. The Labute approximate surface area is 111 Å². The summed E-state index contributed by atoms with van der Waals surface area (Å²) >= 11 is 1.64. The summed E-state index contributed by atoms with van der Waals surface area (Å²) in [6.07, 6.45) is 3.62. The average Bonchev–Trinajstić information content (AvgIpc) is 2.85. The van der Waals surface area contributed by atoms with Crippen LogP contribution >= 0.6 is 11.3 Å². The van der Waals surface area contributed by atoms with Crippen molar-refractivity contribution in [2.75, 3.05) is 13.2 Å². The predicted octanol–water partition coefficient (Wildman–Crippen LogP) is 1.84. The van der Waals surface area contributed by atoms with Gasteiger partial charge >= 0.3 is 0 Å². The van der Waals surface area contributed by atoms with Crippen LogP contribution in [0, 0.1) is 6.92 Å². The Morgan fingerprint density at radius 3 is 2.83 bits per heavy atom. The van der Waals surface area contributed by atoms with E-state index in [1.54, 1.807) is 11.3 Å². The molecule has 0 aliphatic rings. The van der Waals surface area contributed by atoms with Crippen LogP contribution in [0.3, 0.4) is 0 Å². The first kappa shape index (κ1) is 13.1. The van der Waals surface area contributed by atoms with Crippen LogP contribution in [0.25, 0.3) is 0 Å². The van der Waals surface area contributed by atoms with Crippen molar-refractivity contribution >= 4 is 11.3 Å². The average molecular weight is 263 g/mol. The van der Waals surface area contributed by atoms with Gasteiger partial charge < -0.3 is 5.11 Å². The number of pyridine rings is 1. The molecule has 5 heteroatoms. The van der Waals surface area contributed by atoms with Gasteiger partial charge in [-0.25, -0.2) is 4.98 Å². The molecule has 2 aromatic rings. The Kier molecular flexibility index (Phi) is 4.81. The maximum absolute atomic E-state index is 9.13. The van der Waals surface area contributed by atoms with Gasteiger partial charge in [0.1, 0.15) is 5.01 Å². The quantitative estimate of drug-likeness (QED) is 0.864. The molecule has 2 heterocycles. The number of hydrogen-bond acceptors (Lipinski definition) is 5. The summed E-state index contributed by atoms with van der Waals surface area (Å²) in [5.41, 5.74) is 2.24. The van der Waals surface area contributed by atoms with Crippen LogP contribution in [0.1, 0.15) is 16.3 Å². The molecule has 1 N–H and O–H groups in total. The minimum absolute atomic E-state index is 0.150. The van der Waals surface area contributed by atoms with E-state index in [4.69, 9.17) is 5.11 Å². The second-order valence-corrected chi connectivity index (χ2v) is 5.11. The number of hydrogen-bond donors (Lipinski definition) is 1. The van der Waals surface area contributed by atoms with Gasteiger partial charge in [0.25, 0.3) is 0 Å². The zero-order chi connectivity index (χ0) is 12.8. The first-order valence-corrected chi connectivity index (χ1v) is 6.79. The second kappa shape index (κ2) is 6.58. The monoisotopic (exact) mass is 263 g/mol. The first-order chi connectivity index (χ1) is 8.79. The second-order valence-electron chi connectivity index (χ2n) is 4.13. The van der Waals surface area contributed by atoms with Gasteiger partial charge in [-0.2, -0.15) is 0 Å². The fraction of sp³-hybridized carbons (Fsp3) is 0.385. The smallest absolute Gasteiger partial charge is 0.107 e. The maximum atomic E-state index is 9.13. The minimum Gasteiger partial charge on any atom is -0.395 e. The lowest BCUT2D eigenvalue weighted by molar-refractivity contribution is 0.182. The van der Waals surface area contributed by atoms with Crippen molar-refractivity contribution < 1.29 is 5.11 Å². The topological polar surface area (TPSA) is 49.2 Å². The molecular formula is C13H17N3OS. The van der Waals surface area contributed by atoms with Gasteiger partial charge in [0.15, 0.2) is 0 Å². The highest BCUT2D eigenvalue weighted by molar-refractivity contribution is 7.09. The third-order valence-corrected chi connectivity index (χ3v) is 3.51. The molecule has 0 aliphatic carbocycles. The SMILES string of the molecule is Cc1cccnc1CN(CCO)Cc1nccs1. The molecule has 0 radical (unpaired) electrons. The molecule has 0 unspecified atom stereocenters. The van der Waals surface area contributed by atoms with E-state index in [1.165, 1.54) is 5.56 Å². The Morgan fingerprint density at radius 2 is 2.17 bits per heavy atom. The van der Waals surface area contributed by atoms with Crippen molar-refractivity contribution in [3.63, 3.8) is 0 Å². The summed E-state index contributed by atoms with van der Waals surface area (Å²) < 4.78 is 0. The zero-order valence-electron chi connectivity index (χ0n) is 10.4.